The summed E-state index contributed by atoms with van der Waals surface area (Å²) in [5.41, 5.74) is 4.31. The minimum atomic E-state index is -5.54. The number of nitrogen functional groups attached to an aromatic ring is 1. The van der Waals surface area contributed by atoms with Crippen LogP contribution in [-0.4, -0.2) is 122 Å². The molecule has 0 aliphatic carbocycles. The number of hydrogen-bond donors (Lipinski definition) is 9. The first kappa shape index (κ1) is 44.3. The van der Waals surface area contributed by atoms with Crippen LogP contribution in [-0.2, 0) is 45.9 Å². The molecule has 0 aromatic carbocycles. The molecule has 1 saturated heterocycles. The molecule has 3 rings (SSSR count). The largest absolute Gasteiger partial charge is 0.481 e. The molecule has 3 heterocycles. The summed E-state index contributed by atoms with van der Waals surface area (Å²) in [6.45, 7) is 7.01. The Morgan fingerprint density at radius 1 is 1.04 bits per heavy atom. The first-order valence-electron chi connectivity index (χ1n) is 15.3. The maximum Gasteiger partial charge on any atom is 0.481 e. The molecule has 2 aromatic heterocycles. The van der Waals surface area contributed by atoms with Crippen LogP contribution >= 0.6 is 35.2 Å². The third kappa shape index (κ3) is 13.3. The van der Waals surface area contributed by atoms with Gasteiger partial charge in [0.05, 0.1) is 19.5 Å². The van der Waals surface area contributed by atoms with Crippen LogP contribution in [0.3, 0.4) is 0 Å². The first-order chi connectivity index (χ1) is 23.8. The predicted octanol–water partition coefficient (Wildman–Crippen LogP) is -0.0634. The van der Waals surface area contributed by atoms with Crippen molar-refractivity contribution >= 4 is 64.0 Å². The molecule has 2 aromatic rings. The lowest BCUT2D eigenvalue weighted by atomic mass is 9.87. The Hall–Kier alpha value is -2.11. The number of imidazole rings is 1. The Kier molecular flexibility index (Phi) is 15.0. The van der Waals surface area contributed by atoms with E-state index in [0.29, 0.717) is 12.3 Å². The fourth-order valence-corrected chi connectivity index (χ4v) is 8.13. The van der Waals surface area contributed by atoms with E-state index in [1.54, 1.807) is 11.8 Å². The minimum absolute atomic E-state index is 0.0348. The SMILES string of the molecule is CC(C)(C)SCCNC(=O)CCNC(=O)[C@H](O)C(C)(C)COP(=O)(O)OP(=O)(O)OC[C@H]1O[C@@H](n2cnc3c(N)ncnc32)[C@H](O)[C@@H]1OP(=O)(O)O. The number of nitrogens with zero attached hydrogens (tertiary/aromatic N) is 4. The van der Waals surface area contributed by atoms with E-state index in [0.717, 1.165) is 17.2 Å². The maximum absolute atomic E-state index is 12.6. The number of nitrogens with two attached hydrogens (primary N) is 1. The van der Waals surface area contributed by atoms with Crippen molar-refractivity contribution in [2.75, 3.05) is 37.8 Å². The van der Waals surface area contributed by atoms with E-state index >= 15 is 0 Å². The zero-order valence-corrected chi connectivity index (χ0v) is 32.2. The molecule has 27 heteroatoms. The number of carbonyl (C=O) groups is 2. The number of thioether (sulfide) groups is 1. The second kappa shape index (κ2) is 17.6. The summed E-state index contributed by atoms with van der Waals surface area (Å²) in [4.78, 5) is 75.4. The Morgan fingerprint density at radius 3 is 2.33 bits per heavy atom. The minimum Gasteiger partial charge on any atom is -0.386 e. The van der Waals surface area contributed by atoms with Crippen molar-refractivity contribution in [1.82, 2.24) is 30.2 Å². The number of ether oxygens (including phenoxy) is 1. The van der Waals surface area contributed by atoms with Crippen molar-refractivity contribution in [1.29, 1.82) is 0 Å². The zero-order chi connectivity index (χ0) is 39.3. The van der Waals surface area contributed by atoms with Crippen molar-refractivity contribution in [3.8, 4) is 0 Å². The van der Waals surface area contributed by atoms with Crippen molar-refractivity contribution < 1.29 is 75.7 Å². The van der Waals surface area contributed by atoms with E-state index in [1.165, 1.54) is 13.8 Å². The molecule has 52 heavy (non-hydrogen) atoms. The molecule has 1 aliphatic rings. The fraction of sp³-hybridized carbons (Fsp3) is 0.720. The van der Waals surface area contributed by atoms with Gasteiger partial charge in [0.25, 0.3) is 0 Å². The van der Waals surface area contributed by atoms with Crippen LogP contribution in [0.25, 0.3) is 11.2 Å². The van der Waals surface area contributed by atoms with Gasteiger partial charge in [-0.25, -0.2) is 28.6 Å². The van der Waals surface area contributed by atoms with Crippen LogP contribution in [0.5, 0.6) is 0 Å². The molecule has 1 aliphatic heterocycles. The summed E-state index contributed by atoms with van der Waals surface area (Å²) < 4.78 is 62.1. The van der Waals surface area contributed by atoms with Gasteiger partial charge in [0.1, 0.15) is 36.3 Å². The molecule has 296 valence electrons. The highest BCUT2D eigenvalue weighted by atomic mass is 32.2. The van der Waals surface area contributed by atoms with E-state index in [9.17, 15) is 53.1 Å². The van der Waals surface area contributed by atoms with Gasteiger partial charge in [-0.2, -0.15) is 16.1 Å². The van der Waals surface area contributed by atoms with Crippen LogP contribution < -0.4 is 16.4 Å². The van der Waals surface area contributed by atoms with Gasteiger partial charge in [-0.15, -0.1) is 0 Å². The van der Waals surface area contributed by atoms with Gasteiger partial charge in [-0.05, 0) is 0 Å². The number of nitrogens with one attached hydrogen (secondary N) is 2. The van der Waals surface area contributed by atoms with Crippen LogP contribution in [0.4, 0.5) is 5.82 Å². The molecule has 2 unspecified atom stereocenters. The molecule has 2 amide bonds. The van der Waals surface area contributed by atoms with E-state index in [2.05, 4.69) is 34.4 Å². The first-order valence-corrected chi connectivity index (χ1v) is 20.8. The number of phosphoric ester groups is 3. The standard InChI is InChI=1S/C25H44N7O16P3S/c1-24(2,3)52-9-8-27-15(33)6-7-28-22(36)19(35)25(4,5)11-45-51(42,43)48-50(40,41)44-10-14-18(47-49(37,38)39)17(34)23(46-14)32-13-31-16-20(26)29-12-30-21(16)32/h12-14,17-19,23,34-35H,6-11H2,1-5H3,(H,27,33)(H,28,36)(H,40,41)(H,42,43)(H2,26,29,30)(H2,37,38,39)/t14-,17-,18-,19+,23-/m1/s1. The zero-order valence-electron chi connectivity index (χ0n) is 28.7. The van der Waals surface area contributed by atoms with Gasteiger partial charge in [-0.3, -0.25) is 27.7 Å². The number of aliphatic hydroxyl groups is 2. The number of fused-ring (bicyclic) bond motifs is 1. The van der Waals surface area contributed by atoms with Crippen molar-refractivity contribution in [3.63, 3.8) is 0 Å². The normalized spacial score (nSPS) is 22.8. The third-order valence-corrected chi connectivity index (χ3v) is 11.4. The summed E-state index contributed by atoms with van der Waals surface area (Å²) in [6, 6.07) is 0. The molecule has 0 saturated carbocycles. The van der Waals surface area contributed by atoms with Crippen LogP contribution in [0, 0.1) is 5.41 Å². The molecular weight excluding hydrogens is 779 g/mol. The number of hydrogen-bond acceptors (Lipinski definition) is 17. The Labute approximate surface area is 301 Å². The van der Waals surface area contributed by atoms with Crippen molar-refractivity contribution in [2.45, 2.75) is 76.4 Å². The molecule has 0 spiro atoms. The number of amides is 2. The van der Waals surface area contributed by atoms with Gasteiger partial charge < -0.3 is 50.9 Å². The quantitative estimate of drug-likeness (QED) is 0.0661. The van der Waals surface area contributed by atoms with E-state index in [-0.39, 0.29) is 40.6 Å². The highest BCUT2D eigenvalue weighted by molar-refractivity contribution is 8.00. The summed E-state index contributed by atoms with van der Waals surface area (Å²) in [7, 11) is -16.3. The number of aliphatic hydroxyl groups excluding tert-OH is 2. The third-order valence-electron chi connectivity index (χ3n) is 7.04. The number of phosphoric acid groups is 3. The summed E-state index contributed by atoms with van der Waals surface area (Å²) in [5, 5.41) is 26.5. The van der Waals surface area contributed by atoms with Crippen LogP contribution in [0.15, 0.2) is 12.7 Å². The van der Waals surface area contributed by atoms with Crippen molar-refractivity contribution in [3.05, 3.63) is 12.7 Å². The molecule has 0 bridgehead atoms. The second-order valence-electron chi connectivity index (χ2n) is 13.0. The van der Waals surface area contributed by atoms with Gasteiger partial charge in [0, 0.05) is 35.4 Å². The summed E-state index contributed by atoms with van der Waals surface area (Å²) >= 11 is 1.67. The Balaban J connectivity index is 1.54. The van der Waals surface area contributed by atoms with Crippen LogP contribution in [0.1, 0.15) is 47.3 Å². The highest BCUT2D eigenvalue weighted by Gasteiger charge is 2.50. The molecule has 0 radical (unpaired) electrons. The molecule has 23 nitrogen and oxygen atoms in total. The monoisotopic (exact) mass is 823 g/mol. The van der Waals surface area contributed by atoms with Crippen molar-refractivity contribution in [2.24, 2.45) is 5.41 Å². The Morgan fingerprint density at radius 2 is 1.69 bits per heavy atom. The molecule has 1 fully saturated rings. The average molecular weight is 824 g/mol. The summed E-state index contributed by atoms with van der Waals surface area (Å²) in [6.07, 6.45) is -6.71. The lowest BCUT2D eigenvalue weighted by Crippen LogP contribution is -2.46. The summed E-state index contributed by atoms with van der Waals surface area (Å²) in [5.74, 6) is -0.601. The van der Waals surface area contributed by atoms with Gasteiger partial charge in [-0.1, -0.05) is 34.6 Å². The maximum atomic E-state index is 12.6. The topological polar surface area (TPSA) is 347 Å². The molecular formula is C25H44N7O16P3S. The Bertz CT molecular complexity index is 1710. The highest BCUT2D eigenvalue weighted by Crippen LogP contribution is 2.61. The lowest BCUT2D eigenvalue weighted by Gasteiger charge is -2.30. The fourth-order valence-electron chi connectivity index (χ4n) is 4.49. The van der Waals surface area contributed by atoms with E-state index < -0.39 is 78.6 Å². The smallest absolute Gasteiger partial charge is 0.386 e. The number of carbonyl (C=O) groups excluding carboxylic acids is 2. The van der Waals surface area contributed by atoms with E-state index in [4.69, 9.17) is 19.5 Å². The number of anilines is 1. The van der Waals surface area contributed by atoms with E-state index in [1.807, 2.05) is 20.8 Å². The lowest BCUT2D eigenvalue weighted by molar-refractivity contribution is -0.137. The number of aromatic nitrogens is 4. The predicted molar refractivity (Wildman–Crippen MR) is 182 cm³/mol. The van der Waals surface area contributed by atoms with Gasteiger partial charge >= 0.3 is 23.5 Å². The molecule has 10 N–H and O–H groups in total. The van der Waals surface area contributed by atoms with Crippen LogP contribution in [0.2, 0.25) is 0 Å². The van der Waals surface area contributed by atoms with Gasteiger partial charge in [0.15, 0.2) is 17.7 Å². The number of rotatable bonds is 19. The average Bonchev–Trinajstić information content (AvgIpc) is 3.56. The second-order valence-corrected chi connectivity index (χ2v) is 19.2. The van der Waals surface area contributed by atoms with Gasteiger partial charge in [0.2, 0.25) is 11.8 Å². The molecule has 7 atom stereocenters.